The molecule has 2 aromatic carbocycles. The number of likely N-dealkylation sites (tertiary alicyclic amines) is 1. The molecule has 2 unspecified atom stereocenters. The quantitative estimate of drug-likeness (QED) is 0.370. The number of amides is 1. The van der Waals surface area contributed by atoms with Crippen molar-refractivity contribution >= 4 is 18.5 Å². The Kier molecular flexibility index (Phi) is 8.64. The van der Waals surface area contributed by atoms with Gasteiger partial charge in [-0.25, -0.2) is 4.79 Å². The third kappa shape index (κ3) is 6.62. The minimum absolute atomic E-state index is 0.0533. The molecular formula is C29H32F3N3O4. The largest absolute Gasteiger partial charge is 0.507 e. The lowest BCUT2D eigenvalue weighted by atomic mass is 9.98. The second kappa shape index (κ2) is 11.9. The van der Waals surface area contributed by atoms with Crippen molar-refractivity contribution in [1.29, 1.82) is 0 Å². The van der Waals surface area contributed by atoms with Crippen LogP contribution in [0.25, 0.3) is 5.70 Å². The number of nitrogens with zero attached hydrogens (tertiary/aromatic N) is 3. The van der Waals surface area contributed by atoms with Crippen molar-refractivity contribution < 1.29 is 32.5 Å². The third-order valence-corrected chi connectivity index (χ3v) is 7.05. The predicted molar refractivity (Wildman–Crippen MR) is 142 cm³/mol. The minimum atomic E-state index is -4.57. The Morgan fingerprint density at radius 2 is 1.97 bits per heavy atom. The molecule has 208 valence electrons. The van der Waals surface area contributed by atoms with E-state index in [-0.39, 0.29) is 41.7 Å². The lowest BCUT2D eigenvalue weighted by Gasteiger charge is -2.48. The molecule has 39 heavy (non-hydrogen) atoms. The van der Waals surface area contributed by atoms with Gasteiger partial charge in [-0.15, -0.1) is 0 Å². The number of halogens is 3. The molecule has 4 rings (SSSR count). The first-order chi connectivity index (χ1) is 18.6. The third-order valence-electron chi connectivity index (χ3n) is 7.05. The summed E-state index contributed by atoms with van der Waals surface area (Å²) in [6.07, 6.45) is -0.926. The van der Waals surface area contributed by atoms with Crippen molar-refractivity contribution in [3.05, 3.63) is 82.6 Å². The van der Waals surface area contributed by atoms with Gasteiger partial charge in [-0.1, -0.05) is 30.3 Å². The molecule has 2 atom stereocenters. The molecule has 1 N–H and O–H groups in total. The molecule has 10 heteroatoms. The number of ether oxygens (including phenoxy) is 2. The second-order valence-electron chi connectivity index (χ2n) is 9.65. The van der Waals surface area contributed by atoms with Gasteiger partial charge in [-0.2, -0.15) is 13.2 Å². The fourth-order valence-electron chi connectivity index (χ4n) is 5.06. The maximum atomic E-state index is 13.1. The molecule has 1 amide bonds. The minimum Gasteiger partial charge on any atom is -0.507 e. The first kappa shape index (κ1) is 28.2. The van der Waals surface area contributed by atoms with Crippen LogP contribution in [0.15, 0.2) is 65.3 Å². The van der Waals surface area contributed by atoms with Gasteiger partial charge in [0.05, 0.1) is 30.0 Å². The fraction of sp³-hybridized carbons (Fsp3) is 0.379. The lowest BCUT2D eigenvalue weighted by Crippen LogP contribution is -2.60. The van der Waals surface area contributed by atoms with Crippen LogP contribution in [0.5, 0.6) is 5.75 Å². The summed E-state index contributed by atoms with van der Waals surface area (Å²) < 4.78 is 50.9. The van der Waals surface area contributed by atoms with E-state index in [1.807, 2.05) is 37.3 Å². The van der Waals surface area contributed by atoms with Gasteiger partial charge in [-0.05, 0) is 62.4 Å². The fourth-order valence-corrected chi connectivity index (χ4v) is 5.06. The lowest BCUT2D eigenvalue weighted by molar-refractivity contribution is -0.137. The average molecular weight is 544 g/mol. The van der Waals surface area contributed by atoms with Crippen LogP contribution in [0.2, 0.25) is 0 Å². The van der Waals surface area contributed by atoms with Gasteiger partial charge >= 0.3 is 12.3 Å². The highest BCUT2D eigenvalue weighted by Crippen LogP contribution is 2.37. The molecule has 2 aliphatic heterocycles. The van der Waals surface area contributed by atoms with Crippen LogP contribution in [-0.4, -0.2) is 66.1 Å². The number of fused-ring (bicyclic) bond motifs is 1. The van der Waals surface area contributed by atoms with Crippen molar-refractivity contribution in [2.75, 3.05) is 26.2 Å². The molecule has 0 saturated carbocycles. The first-order valence-electron chi connectivity index (χ1n) is 12.7. The normalized spacial score (nSPS) is 20.4. The van der Waals surface area contributed by atoms with Crippen molar-refractivity contribution in [1.82, 2.24) is 9.80 Å². The number of phenols is 1. The van der Waals surface area contributed by atoms with Gasteiger partial charge in [0, 0.05) is 30.9 Å². The van der Waals surface area contributed by atoms with E-state index >= 15 is 0 Å². The average Bonchev–Trinajstić information content (AvgIpc) is 2.92. The zero-order valence-electron chi connectivity index (χ0n) is 21.9. The van der Waals surface area contributed by atoms with E-state index in [4.69, 9.17) is 9.47 Å². The summed E-state index contributed by atoms with van der Waals surface area (Å²) in [6, 6.07) is 11.1. The number of aromatic hydroxyl groups is 1. The monoisotopic (exact) mass is 543 g/mol. The highest BCUT2D eigenvalue weighted by atomic mass is 19.4. The summed E-state index contributed by atoms with van der Waals surface area (Å²) in [7, 11) is 0. The van der Waals surface area contributed by atoms with E-state index in [2.05, 4.69) is 16.6 Å². The van der Waals surface area contributed by atoms with Crippen LogP contribution in [0.3, 0.4) is 0 Å². The van der Waals surface area contributed by atoms with Crippen LogP contribution in [0.1, 0.15) is 35.6 Å². The smallest absolute Gasteiger partial charge is 0.416 e. The number of piperidine rings is 1. The Labute approximate surface area is 225 Å². The Morgan fingerprint density at radius 3 is 2.64 bits per heavy atom. The molecule has 0 bridgehead atoms. The molecule has 7 nitrogen and oxygen atoms in total. The highest BCUT2D eigenvalue weighted by Gasteiger charge is 2.39. The van der Waals surface area contributed by atoms with E-state index in [1.165, 1.54) is 6.92 Å². The zero-order valence-corrected chi connectivity index (χ0v) is 21.9. The summed E-state index contributed by atoms with van der Waals surface area (Å²) in [6.45, 7) is 9.22. The Morgan fingerprint density at radius 1 is 1.23 bits per heavy atom. The van der Waals surface area contributed by atoms with Crippen LogP contribution >= 0.6 is 0 Å². The Hall–Kier alpha value is -3.79. The zero-order chi connectivity index (χ0) is 28.2. The number of phenolic OH excluding ortho intramolecular Hbond substituents is 1. The van der Waals surface area contributed by atoms with Gasteiger partial charge in [0.2, 0.25) is 0 Å². The number of benzene rings is 2. The number of carbonyl (C=O) groups excluding carboxylic acids is 1. The van der Waals surface area contributed by atoms with Gasteiger partial charge in [0.1, 0.15) is 12.4 Å². The summed E-state index contributed by atoms with van der Waals surface area (Å²) in [5.74, 6) is -0.518. The Balaban J connectivity index is 1.50. The maximum Gasteiger partial charge on any atom is 0.416 e. The molecule has 0 aliphatic carbocycles. The summed E-state index contributed by atoms with van der Waals surface area (Å²) in [5.41, 5.74) is 1.51. The summed E-state index contributed by atoms with van der Waals surface area (Å²) in [4.78, 5) is 20.6. The summed E-state index contributed by atoms with van der Waals surface area (Å²) in [5, 5.41) is 10.4. The van der Waals surface area contributed by atoms with Gasteiger partial charge in [0.15, 0.2) is 0 Å². The predicted octanol–water partition coefficient (Wildman–Crippen LogP) is 5.78. The van der Waals surface area contributed by atoms with E-state index in [1.54, 1.807) is 17.1 Å². The molecule has 2 fully saturated rings. The number of rotatable bonds is 6. The van der Waals surface area contributed by atoms with E-state index < -0.39 is 17.5 Å². The number of aryl methyl sites for hydroxylation is 1. The van der Waals surface area contributed by atoms with Crippen LogP contribution in [0.4, 0.5) is 18.0 Å². The molecule has 2 heterocycles. The molecule has 0 radical (unpaired) electrons. The Bertz CT molecular complexity index is 1240. The maximum absolute atomic E-state index is 13.1. The second-order valence-corrected chi connectivity index (χ2v) is 9.65. The molecule has 0 spiro atoms. The number of carbonyl (C=O) groups is 1. The van der Waals surface area contributed by atoms with E-state index in [0.717, 1.165) is 17.3 Å². The van der Waals surface area contributed by atoms with Crippen molar-refractivity contribution in [2.24, 2.45) is 4.99 Å². The number of aliphatic imine (C=N–C) groups is 1. The number of morpholine rings is 1. The molecular weight excluding hydrogens is 511 g/mol. The van der Waals surface area contributed by atoms with Gasteiger partial charge in [0.25, 0.3) is 0 Å². The van der Waals surface area contributed by atoms with Gasteiger partial charge in [-0.3, -0.25) is 4.99 Å². The van der Waals surface area contributed by atoms with Crippen molar-refractivity contribution in [3.8, 4) is 5.75 Å². The molecule has 2 saturated heterocycles. The number of allylic oxidation sites excluding steroid dienone is 3. The molecule has 2 aromatic rings. The standard InChI is InChI=1S/C29H32F3N3O4/c1-19-15-22(29(30,31)32)16-25(36)27(19)23(33-3)10-9-20(2)35-13-14-38-26-11-12-34(17-24(26)35)28(37)39-18-21-7-5-4-6-8-21/h4-10,15-16,24,26,36H,3,11-14,17-18H2,1-2H3/b20-9+,23-10-. The summed E-state index contributed by atoms with van der Waals surface area (Å²) >= 11 is 0. The van der Waals surface area contributed by atoms with Crippen molar-refractivity contribution in [3.63, 3.8) is 0 Å². The first-order valence-corrected chi connectivity index (χ1v) is 12.7. The number of hydrogen-bond acceptors (Lipinski definition) is 6. The number of hydrogen-bond donors (Lipinski definition) is 1. The van der Waals surface area contributed by atoms with Crippen molar-refractivity contribution in [2.45, 2.75) is 45.2 Å². The van der Waals surface area contributed by atoms with Gasteiger partial charge < -0.3 is 24.4 Å². The SMILES string of the molecule is C=N/C(=C\C=C(/C)N1CCOC2CCN(C(=O)OCc3ccccc3)CC21)c1c(C)cc(C(F)(F)F)cc1O. The van der Waals surface area contributed by atoms with Crippen LogP contribution in [-0.2, 0) is 22.3 Å². The number of alkyl halides is 3. The highest BCUT2D eigenvalue weighted by molar-refractivity contribution is 5.76. The van der Waals surface area contributed by atoms with Crippen LogP contribution in [0, 0.1) is 6.92 Å². The van der Waals surface area contributed by atoms with Crippen LogP contribution < -0.4 is 0 Å². The molecule has 2 aliphatic rings. The van der Waals surface area contributed by atoms with E-state index in [9.17, 15) is 23.1 Å². The topological polar surface area (TPSA) is 74.6 Å². The molecule has 0 aromatic heterocycles. The van der Waals surface area contributed by atoms with E-state index in [0.29, 0.717) is 38.7 Å².